The Balaban J connectivity index is 2.12. The first-order valence-corrected chi connectivity index (χ1v) is 6.92. The van der Waals surface area contributed by atoms with Gasteiger partial charge < -0.3 is 14.9 Å². The Hall–Kier alpha value is -1.32. The molecule has 0 bridgehead atoms. The SMILES string of the molecule is CC(C)CC(C)OCc1oc2ccccc2c1CN. The first-order valence-electron chi connectivity index (χ1n) is 6.92. The zero-order valence-electron chi connectivity index (χ0n) is 12.0. The van der Waals surface area contributed by atoms with Gasteiger partial charge in [0.25, 0.3) is 0 Å². The smallest absolute Gasteiger partial charge is 0.135 e. The van der Waals surface area contributed by atoms with Gasteiger partial charge in [-0.25, -0.2) is 0 Å². The molecule has 1 unspecified atom stereocenters. The minimum atomic E-state index is 0.235. The fraction of sp³-hybridized carbons (Fsp3) is 0.500. The van der Waals surface area contributed by atoms with Crippen LogP contribution in [-0.2, 0) is 17.9 Å². The molecule has 3 heteroatoms. The second kappa shape index (κ2) is 6.22. The molecular weight excluding hydrogens is 238 g/mol. The van der Waals surface area contributed by atoms with Gasteiger partial charge in [-0.3, -0.25) is 0 Å². The molecule has 19 heavy (non-hydrogen) atoms. The first-order chi connectivity index (χ1) is 9.11. The fourth-order valence-corrected chi connectivity index (χ4v) is 2.44. The summed E-state index contributed by atoms with van der Waals surface area (Å²) in [6.45, 7) is 7.48. The maximum atomic E-state index is 5.86. The zero-order valence-corrected chi connectivity index (χ0v) is 12.0. The molecule has 0 aliphatic heterocycles. The van der Waals surface area contributed by atoms with Gasteiger partial charge in [-0.15, -0.1) is 0 Å². The van der Waals surface area contributed by atoms with Crippen LogP contribution in [0.5, 0.6) is 0 Å². The Kier molecular flexibility index (Phi) is 4.61. The molecule has 1 heterocycles. The molecule has 2 N–H and O–H groups in total. The monoisotopic (exact) mass is 261 g/mol. The molecule has 3 nitrogen and oxygen atoms in total. The molecule has 0 saturated heterocycles. The average Bonchev–Trinajstić information content (AvgIpc) is 2.73. The molecule has 0 radical (unpaired) electrons. The number of para-hydroxylation sites is 1. The Morgan fingerprint density at radius 1 is 1.21 bits per heavy atom. The standard InChI is InChI=1S/C16H23NO2/c1-11(2)8-12(3)18-10-16-14(9-17)13-6-4-5-7-15(13)19-16/h4-7,11-12H,8-10,17H2,1-3H3. The maximum Gasteiger partial charge on any atom is 0.135 e. The van der Waals surface area contributed by atoms with Crippen molar-refractivity contribution in [3.05, 3.63) is 35.6 Å². The summed E-state index contributed by atoms with van der Waals surface area (Å²) in [4.78, 5) is 0. The van der Waals surface area contributed by atoms with Gasteiger partial charge >= 0.3 is 0 Å². The molecule has 1 aromatic carbocycles. The van der Waals surface area contributed by atoms with E-state index in [0.29, 0.717) is 19.1 Å². The number of ether oxygens (including phenoxy) is 1. The Labute approximate surface area is 114 Å². The highest BCUT2D eigenvalue weighted by atomic mass is 16.5. The summed E-state index contributed by atoms with van der Waals surface area (Å²) in [6.07, 6.45) is 1.29. The number of fused-ring (bicyclic) bond motifs is 1. The third kappa shape index (κ3) is 3.37. The van der Waals surface area contributed by atoms with Crippen LogP contribution in [0.1, 0.15) is 38.5 Å². The van der Waals surface area contributed by atoms with Gasteiger partial charge in [0, 0.05) is 17.5 Å². The van der Waals surface area contributed by atoms with Gasteiger partial charge in [0.2, 0.25) is 0 Å². The van der Waals surface area contributed by atoms with Gasteiger partial charge in [-0.2, -0.15) is 0 Å². The maximum absolute atomic E-state index is 5.86. The highest BCUT2D eigenvalue weighted by Crippen LogP contribution is 2.26. The van der Waals surface area contributed by atoms with E-state index in [2.05, 4.69) is 20.8 Å². The number of furan rings is 1. The van der Waals surface area contributed by atoms with Crippen molar-refractivity contribution in [1.82, 2.24) is 0 Å². The quantitative estimate of drug-likeness (QED) is 0.859. The van der Waals surface area contributed by atoms with Gasteiger partial charge in [0.05, 0.1) is 6.10 Å². The Morgan fingerprint density at radius 2 is 1.95 bits per heavy atom. The lowest BCUT2D eigenvalue weighted by molar-refractivity contribution is 0.0305. The summed E-state index contributed by atoms with van der Waals surface area (Å²) in [5.41, 5.74) is 7.78. The lowest BCUT2D eigenvalue weighted by Crippen LogP contribution is -2.11. The van der Waals surface area contributed by atoms with E-state index in [9.17, 15) is 0 Å². The number of hydrogen-bond acceptors (Lipinski definition) is 3. The molecule has 0 saturated carbocycles. The van der Waals surface area contributed by atoms with Crippen LogP contribution in [0.3, 0.4) is 0 Å². The summed E-state index contributed by atoms with van der Waals surface area (Å²) in [5.74, 6) is 1.50. The van der Waals surface area contributed by atoms with E-state index in [1.54, 1.807) is 0 Å². The Morgan fingerprint density at radius 3 is 2.63 bits per heavy atom. The largest absolute Gasteiger partial charge is 0.458 e. The van der Waals surface area contributed by atoms with E-state index in [0.717, 1.165) is 28.7 Å². The molecule has 0 aliphatic rings. The van der Waals surface area contributed by atoms with Crippen molar-refractivity contribution in [3.8, 4) is 0 Å². The lowest BCUT2D eigenvalue weighted by Gasteiger charge is -2.14. The topological polar surface area (TPSA) is 48.4 Å². The predicted molar refractivity (Wildman–Crippen MR) is 77.8 cm³/mol. The van der Waals surface area contributed by atoms with E-state index in [4.69, 9.17) is 14.9 Å². The van der Waals surface area contributed by atoms with Crippen LogP contribution in [0.15, 0.2) is 28.7 Å². The van der Waals surface area contributed by atoms with Crippen LogP contribution in [0.4, 0.5) is 0 Å². The average molecular weight is 261 g/mol. The second-order valence-electron chi connectivity index (χ2n) is 5.46. The number of hydrogen-bond donors (Lipinski definition) is 1. The molecule has 1 atom stereocenters. The van der Waals surface area contributed by atoms with E-state index in [-0.39, 0.29) is 6.10 Å². The van der Waals surface area contributed by atoms with E-state index >= 15 is 0 Å². The normalized spacial score (nSPS) is 13.3. The summed E-state index contributed by atoms with van der Waals surface area (Å²) in [5, 5.41) is 1.10. The highest BCUT2D eigenvalue weighted by molar-refractivity contribution is 5.82. The number of benzene rings is 1. The van der Waals surface area contributed by atoms with Crippen molar-refractivity contribution in [2.75, 3.05) is 0 Å². The van der Waals surface area contributed by atoms with Gasteiger partial charge in [0.1, 0.15) is 18.0 Å². The highest BCUT2D eigenvalue weighted by Gasteiger charge is 2.14. The van der Waals surface area contributed by atoms with Crippen molar-refractivity contribution in [2.45, 2.75) is 46.4 Å². The zero-order chi connectivity index (χ0) is 13.8. The van der Waals surface area contributed by atoms with Crippen LogP contribution < -0.4 is 5.73 Å². The van der Waals surface area contributed by atoms with Crippen LogP contribution in [0, 0.1) is 5.92 Å². The van der Waals surface area contributed by atoms with Gasteiger partial charge in [-0.05, 0) is 25.3 Å². The Bertz CT molecular complexity index is 531. The first kappa shape index (κ1) is 14.1. The molecule has 2 aromatic rings. The predicted octanol–water partition coefficient (Wildman–Crippen LogP) is 3.84. The summed E-state index contributed by atoms with van der Waals surface area (Å²) in [6, 6.07) is 7.98. The van der Waals surface area contributed by atoms with Crippen molar-refractivity contribution in [1.29, 1.82) is 0 Å². The third-order valence-electron chi connectivity index (χ3n) is 3.29. The summed E-state index contributed by atoms with van der Waals surface area (Å²) >= 11 is 0. The molecular formula is C16H23NO2. The van der Waals surface area contributed by atoms with Crippen molar-refractivity contribution in [3.63, 3.8) is 0 Å². The van der Waals surface area contributed by atoms with E-state index < -0.39 is 0 Å². The van der Waals surface area contributed by atoms with E-state index in [1.165, 1.54) is 0 Å². The minimum absolute atomic E-state index is 0.235. The van der Waals surface area contributed by atoms with Crippen LogP contribution in [0.2, 0.25) is 0 Å². The number of rotatable bonds is 6. The molecule has 1 aromatic heterocycles. The molecule has 0 amide bonds. The number of nitrogens with two attached hydrogens (primary N) is 1. The molecule has 0 fully saturated rings. The van der Waals surface area contributed by atoms with Crippen LogP contribution in [0.25, 0.3) is 11.0 Å². The molecule has 104 valence electrons. The van der Waals surface area contributed by atoms with Crippen molar-refractivity contribution < 1.29 is 9.15 Å². The molecule has 2 rings (SSSR count). The van der Waals surface area contributed by atoms with Gasteiger partial charge in [-0.1, -0.05) is 32.0 Å². The second-order valence-corrected chi connectivity index (χ2v) is 5.46. The van der Waals surface area contributed by atoms with E-state index in [1.807, 2.05) is 24.3 Å². The minimum Gasteiger partial charge on any atom is -0.458 e. The van der Waals surface area contributed by atoms with Crippen molar-refractivity contribution >= 4 is 11.0 Å². The third-order valence-corrected chi connectivity index (χ3v) is 3.29. The summed E-state index contributed by atoms with van der Waals surface area (Å²) in [7, 11) is 0. The van der Waals surface area contributed by atoms with Gasteiger partial charge in [0.15, 0.2) is 0 Å². The van der Waals surface area contributed by atoms with Crippen molar-refractivity contribution in [2.24, 2.45) is 11.7 Å². The van der Waals surface area contributed by atoms with Crippen LogP contribution in [-0.4, -0.2) is 6.10 Å². The summed E-state index contributed by atoms with van der Waals surface area (Å²) < 4.78 is 11.7. The molecule has 0 aliphatic carbocycles. The fourth-order valence-electron chi connectivity index (χ4n) is 2.44. The van der Waals surface area contributed by atoms with Crippen LogP contribution >= 0.6 is 0 Å². The lowest BCUT2D eigenvalue weighted by atomic mass is 10.1. The molecule has 0 spiro atoms.